The van der Waals surface area contributed by atoms with E-state index in [-0.39, 0.29) is 47.3 Å². The van der Waals surface area contributed by atoms with Crippen molar-refractivity contribution in [3.8, 4) is 0 Å². The molecule has 0 spiro atoms. The Hall–Kier alpha value is -4.24. The van der Waals surface area contributed by atoms with Crippen LogP contribution in [-0.4, -0.2) is 199 Å². The van der Waals surface area contributed by atoms with Crippen LogP contribution in [0.5, 0.6) is 0 Å². The predicted molar refractivity (Wildman–Crippen MR) is 583 cm³/mol. The van der Waals surface area contributed by atoms with Gasteiger partial charge in [-0.05, 0) is 51.4 Å². The van der Waals surface area contributed by atoms with E-state index in [0.717, 1.165) is 103 Å². The molecule has 0 fully saturated rings. The summed E-state index contributed by atoms with van der Waals surface area (Å²) >= 11 is 0. The molecular formula is C116H240N8O8. The molecule has 0 radical (unpaired) electrons. The normalized spacial score (nSPS) is 10.5. The van der Waals surface area contributed by atoms with Gasteiger partial charge in [0.1, 0.15) is 0 Å². The molecule has 16 heteroatoms. The Balaban J connectivity index is -0.000000223. The molecule has 0 heterocycles. The quantitative estimate of drug-likeness (QED) is 0.0544. The van der Waals surface area contributed by atoms with Gasteiger partial charge in [0.05, 0.1) is 0 Å². The van der Waals surface area contributed by atoms with Gasteiger partial charge in [0, 0.05) is 164 Å². The lowest BCUT2D eigenvalue weighted by molar-refractivity contribution is -0.129. The highest BCUT2D eigenvalue weighted by molar-refractivity contribution is 5.78. The smallest absolute Gasteiger partial charge is 0.222 e. The lowest BCUT2D eigenvalue weighted by Crippen LogP contribution is -2.20. The van der Waals surface area contributed by atoms with Crippen LogP contribution in [0, 0.1) is 0 Å². The first-order valence-corrected chi connectivity index (χ1v) is 57.1. The van der Waals surface area contributed by atoms with Gasteiger partial charge < -0.3 is 39.2 Å². The van der Waals surface area contributed by atoms with Gasteiger partial charge >= 0.3 is 0 Å². The van der Waals surface area contributed by atoms with Gasteiger partial charge in [-0.25, -0.2) is 0 Å². The number of hydrogen-bond acceptors (Lipinski definition) is 8. The lowest BCUT2D eigenvalue weighted by atomic mass is 10.0. The zero-order valence-corrected chi connectivity index (χ0v) is 94.2. The Morgan fingerprint density at radius 3 is 0.205 bits per heavy atom. The molecule has 0 aromatic rings. The van der Waals surface area contributed by atoms with Gasteiger partial charge in [-0.15, -0.1) is 0 Å². The molecule has 0 aliphatic carbocycles. The van der Waals surface area contributed by atoms with Crippen LogP contribution in [0.4, 0.5) is 0 Å². The summed E-state index contributed by atoms with van der Waals surface area (Å²) in [5.74, 6) is 2.13. The summed E-state index contributed by atoms with van der Waals surface area (Å²) < 4.78 is 0. The van der Waals surface area contributed by atoms with Gasteiger partial charge in [0.15, 0.2) is 0 Å². The van der Waals surface area contributed by atoms with Crippen LogP contribution in [0.15, 0.2) is 0 Å². The second-order valence-corrected chi connectivity index (χ2v) is 40.3. The Bertz CT molecular complexity index is 2310. The molecule has 0 atom stereocenters. The van der Waals surface area contributed by atoms with E-state index < -0.39 is 0 Å². The van der Waals surface area contributed by atoms with Gasteiger partial charge in [-0.2, -0.15) is 0 Å². The van der Waals surface area contributed by atoms with Crippen molar-refractivity contribution in [2.45, 2.75) is 595 Å². The number of unbranched alkanes of at least 4 members (excludes halogenated alkanes) is 68. The van der Waals surface area contributed by atoms with Crippen LogP contribution >= 0.6 is 0 Å². The summed E-state index contributed by atoms with van der Waals surface area (Å²) in [5.41, 5.74) is 0. The Labute approximate surface area is 827 Å². The number of carbonyl (C=O) groups excluding carboxylic acids is 8. The fourth-order valence-corrected chi connectivity index (χ4v) is 15.2. The SMILES string of the molecule is CCCCCCCCC(=O)N(C)C.CCCCCCCCCC(=O)N(C)C.CCCCCCCCCCC(=O)N(C)C.CCCCCCCCCCCC(=O)N(C)C.CCCCCCCCCCCCC(=O)N(C)C.CCCCCCCCCCCCCC(=O)N(C)C.CCCCCCCCCCCCCCC(=O)N(C)C.CCCCCCCCCCCCCCCC(=O)N(C)C. The fourth-order valence-electron chi connectivity index (χ4n) is 15.2. The van der Waals surface area contributed by atoms with Crippen molar-refractivity contribution >= 4 is 47.3 Å². The Morgan fingerprint density at radius 1 is 0.0985 bits per heavy atom. The van der Waals surface area contributed by atoms with E-state index in [1.807, 2.05) is 113 Å². The topological polar surface area (TPSA) is 162 Å². The summed E-state index contributed by atoms with van der Waals surface area (Å²) in [6.45, 7) is 18.0. The first-order chi connectivity index (χ1) is 63.4. The summed E-state index contributed by atoms with van der Waals surface area (Å²) in [4.78, 5) is 104. The molecule has 0 aliphatic rings. The van der Waals surface area contributed by atoms with E-state index in [2.05, 4.69) is 55.4 Å². The van der Waals surface area contributed by atoms with Crippen molar-refractivity contribution in [3.63, 3.8) is 0 Å². The second-order valence-electron chi connectivity index (χ2n) is 40.3. The molecule has 0 aromatic heterocycles. The van der Waals surface area contributed by atoms with E-state index >= 15 is 0 Å². The highest BCUT2D eigenvalue weighted by Gasteiger charge is 2.10. The molecule has 16 nitrogen and oxygen atoms in total. The van der Waals surface area contributed by atoms with E-state index in [4.69, 9.17) is 0 Å². The molecule has 0 unspecified atom stereocenters. The number of rotatable bonds is 84. The first kappa shape index (κ1) is 143. The van der Waals surface area contributed by atoms with Crippen LogP contribution in [0.1, 0.15) is 595 Å². The monoisotopic (exact) mass is 1870 g/mol. The average molecular weight is 1880 g/mol. The van der Waals surface area contributed by atoms with Crippen LogP contribution in [0.3, 0.4) is 0 Å². The summed E-state index contributed by atoms with van der Waals surface area (Å²) in [6, 6.07) is 0. The molecule has 8 amide bonds. The summed E-state index contributed by atoms with van der Waals surface area (Å²) in [5, 5.41) is 0. The maximum absolute atomic E-state index is 11.4. The molecule has 0 N–H and O–H groups in total. The van der Waals surface area contributed by atoms with Gasteiger partial charge in [0.25, 0.3) is 0 Å². The van der Waals surface area contributed by atoms with Crippen molar-refractivity contribution in [1.29, 1.82) is 0 Å². The number of amides is 8. The van der Waals surface area contributed by atoms with E-state index in [9.17, 15) is 38.4 Å². The number of nitrogens with zero attached hydrogens (tertiary/aromatic N) is 8. The highest BCUT2D eigenvalue weighted by Crippen LogP contribution is 2.20. The van der Waals surface area contributed by atoms with Crippen molar-refractivity contribution < 1.29 is 38.4 Å². The largest absolute Gasteiger partial charge is 0.349 e. The molecule has 0 aliphatic heterocycles. The van der Waals surface area contributed by atoms with E-state index in [1.54, 1.807) is 39.2 Å². The third-order valence-corrected chi connectivity index (χ3v) is 24.9. The van der Waals surface area contributed by atoms with Crippen molar-refractivity contribution in [3.05, 3.63) is 0 Å². The van der Waals surface area contributed by atoms with E-state index in [1.165, 1.54) is 437 Å². The minimum atomic E-state index is 0.260. The van der Waals surface area contributed by atoms with Crippen molar-refractivity contribution in [1.82, 2.24) is 39.2 Å². The van der Waals surface area contributed by atoms with Crippen LogP contribution < -0.4 is 0 Å². The maximum Gasteiger partial charge on any atom is 0.222 e. The van der Waals surface area contributed by atoms with Crippen LogP contribution in [0.25, 0.3) is 0 Å². The zero-order valence-electron chi connectivity index (χ0n) is 94.2. The molecule has 0 aromatic carbocycles. The Kier molecular flexibility index (Phi) is 133. The Morgan fingerprint density at radius 2 is 0.152 bits per heavy atom. The maximum atomic E-state index is 11.4. The highest BCUT2D eigenvalue weighted by atomic mass is 16.2. The zero-order chi connectivity index (χ0) is 101. The standard InChI is InChI=1S/C18H37NO.C17H35NO.C16H33NO.C15H31NO.C14H29NO.C13H27NO.C12H25NO.C11H23NO/c1-4-5-6-7-8-9-10-11-12-13-14-15-16-17-18(20)19(2)3;1-4-5-6-7-8-9-10-11-12-13-14-15-16-17(19)18(2)3;1-4-5-6-7-8-9-10-11-12-13-14-15-16(18)17(2)3;1-4-5-6-7-8-9-10-11-12-13-14-15(17)16(2)3;1-4-5-6-7-8-9-10-11-12-13-14(16)15(2)3;1-4-5-6-7-8-9-10-11-12-13(15)14(2)3;1-4-5-6-7-8-9-10-11-12(14)13(2)3;1-4-5-6-7-8-9-10-11(13)12(2)3/h4-17H2,1-3H3;4-16H2,1-3H3;4-15H2,1-3H3;4-14H2,1-3H3;4-13H2,1-3H3;4-12H2,1-3H3;4-11H2,1-3H3;4-10H2,1-3H3. The average Bonchev–Trinajstić information content (AvgIpc) is 1.06. The summed E-state index contributed by atoms with van der Waals surface area (Å²) in [7, 11) is 29.3. The van der Waals surface area contributed by atoms with Crippen molar-refractivity contribution in [2.75, 3.05) is 113 Å². The minimum Gasteiger partial charge on any atom is -0.349 e. The summed E-state index contributed by atoms with van der Waals surface area (Å²) in [6.07, 6.45) is 106. The van der Waals surface area contributed by atoms with Gasteiger partial charge in [0.2, 0.25) is 47.3 Å². The molecule has 0 saturated carbocycles. The third-order valence-electron chi connectivity index (χ3n) is 24.9. The predicted octanol–water partition coefficient (Wildman–Crippen LogP) is 33.5. The first-order valence-electron chi connectivity index (χ1n) is 57.1. The fraction of sp³-hybridized carbons (Fsp3) is 0.931. The molecule has 0 bridgehead atoms. The molecule has 0 saturated heterocycles. The van der Waals surface area contributed by atoms with Gasteiger partial charge in [-0.1, -0.05) is 492 Å². The molecular weight excluding hydrogens is 1630 g/mol. The second kappa shape index (κ2) is 123. The molecule has 792 valence electrons. The molecule has 0 rings (SSSR count). The lowest BCUT2D eigenvalue weighted by Gasteiger charge is -2.09. The van der Waals surface area contributed by atoms with Gasteiger partial charge in [-0.3, -0.25) is 38.4 Å². The third kappa shape index (κ3) is 136. The van der Waals surface area contributed by atoms with Crippen molar-refractivity contribution in [2.24, 2.45) is 0 Å². The van der Waals surface area contributed by atoms with E-state index in [0.29, 0.717) is 0 Å². The molecule has 132 heavy (non-hydrogen) atoms. The number of hydrogen-bond donors (Lipinski definition) is 0. The van der Waals surface area contributed by atoms with Crippen LogP contribution in [0.2, 0.25) is 0 Å². The van der Waals surface area contributed by atoms with Crippen LogP contribution in [-0.2, 0) is 38.4 Å². The minimum absolute atomic E-state index is 0.260. The number of carbonyl (C=O) groups is 8.